The van der Waals surface area contributed by atoms with Crippen LogP contribution >= 0.6 is 11.6 Å². The smallest absolute Gasteiger partial charge is 0.170 e. The summed E-state index contributed by atoms with van der Waals surface area (Å²) in [6, 6.07) is 2.18. The van der Waals surface area contributed by atoms with Crippen molar-refractivity contribution >= 4 is 17.9 Å². The van der Waals surface area contributed by atoms with E-state index in [-0.39, 0.29) is 10.6 Å². The van der Waals surface area contributed by atoms with Crippen LogP contribution in [0.5, 0.6) is 5.75 Å². The van der Waals surface area contributed by atoms with E-state index >= 15 is 0 Å². The van der Waals surface area contributed by atoms with E-state index in [0.717, 1.165) is 6.07 Å². The van der Waals surface area contributed by atoms with Crippen molar-refractivity contribution in [2.45, 2.75) is 0 Å². The fourth-order valence-corrected chi connectivity index (χ4v) is 0.845. The summed E-state index contributed by atoms with van der Waals surface area (Å²) in [4.78, 5) is 10.2. The summed E-state index contributed by atoms with van der Waals surface area (Å²) < 4.78 is 12.4. The molecule has 2 nitrogen and oxygen atoms in total. The highest BCUT2D eigenvalue weighted by atomic mass is 35.5. The van der Waals surface area contributed by atoms with Crippen LogP contribution in [0.4, 0.5) is 4.39 Å². The standard InChI is InChI=1S/C7H4ClFO2/c8-6-4(3-10)1-2-5(9)7(6)11/h1-3,11H. The summed E-state index contributed by atoms with van der Waals surface area (Å²) >= 11 is 5.38. The molecule has 0 atom stereocenters. The number of carbonyl (C=O) groups is 1. The van der Waals surface area contributed by atoms with Gasteiger partial charge < -0.3 is 5.11 Å². The van der Waals surface area contributed by atoms with Crippen molar-refractivity contribution in [3.8, 4) is 5.75 Å². The maximum absolute atomic E-state index is 12.4. The molecule has 1 aromatic rings. The molecule has 0 amide bonds. The Labute approximate surface area is 67.2 Å². The molecule has 0 aliphatic carbocycles. The first-order chi connectivity index (χ1) is 5.16. The van der Waals surface area contributed by atoms with Gasteiger partial charge in [-0.15, -0.1) is 0 Å². The summed E-state index contributed by atoms with van der Waals surface area (Å²) in [5.74, 6) is -1.52. The Balaban J connectivity index is 3.36. The van der Waals surface area contributed by atoms with E-state index in [2.05, 4.69) is 0 Å². The highest BCUT2D eigenvalue weighted by Gasteiger charge is 2.08. The molecule has 0 bridgehead atoms. The van der Waals surface area contributed by atoms with Crippen LogP contribution in [0, 0.1) is 5.82 Å². The van der Waals surface area contributed by atoms with Gasteiger partial charge in [0.1, 0.15) is 0 Å². The molecule has 0 heterocycles. The normalized spacial score (nSPS) is 9.64. The molecule has 0 saturated carbocycles. The number of aldehydes is 1. The van der Waals surface area contributed by atoms with Gasteiger partial charge in [0.2, 0.25) is 0 Å². The molecular weight excluding hydrogens is 171 g/mol. The average Bonchev–Trinajstić information content (AvgIpc) is 2.01. The molecule has 0 aromatic heterocycles. The van der Waals surface area contributed by atoms with E-state index < -0.39 is 11.6 Å². The molecule has 1 rings (SSSR count). The zero-order valence-electron chi connectivity index (χ0n) is 5.34. The monoisotopic (exact) mass is 174 g/mol. The van der Waals surface area contributed by atoms with Crippen LogP contribution in [0.2, 0.25) is 5.02 Å². The second kappa shape index (κ2) is 2.88. The quantitative estimate of drug-likeness (QED) is 0.662. The second-order valence-electron chi connectivity index (χ2n) is 1.92. The van der Waals surface area contributed by atoms with Crippen LogP contribution in [0.25, 0.3) is 0 Å². The summed E-state index contributed by atoms with van der Waals surface area (Å²) in [5.41, 5.74) is 0.0746. The van der Waals surface area contributed by atoms with Gasteiger partial charge in [-0.1, -0.05) is 11.6 Å². The molecular formula is C7H4ClFO2. The number of rotatable bonds is 1. The molecule has 0 radical (unpaired) electrons. The SMILES string of the molecule is O=Cc1ccc(F)c(O)c1Cl. The zero-order valence-corrected chi connectivity index (χ0v) is 6.10. The van der Waals surface area contributed by atoms with E-state index in [1.165, 1.54) is 6.07 Å². The number of hydrogen-bond acceptors (Lipinski definition) is 2. The van der Waals surface area contributed by atoms with Gasteiger partial charge in [-0.05, 0) is 12.1 Å². The minimum atomic E-state index is -0.833. The number of phenolic OH excluding ortho intramolecular Hbond substituents is 1. The van der Waals surface area contributed by atoms with Gasteiger partial charge in [0, 0.05) is 5.56 Å². The Kier molecular flexibility index (Phi) is 2.10. The molecule has 4 heteroatoms. The van der Waals surface area contributed by atoms with Gasteiger partial charge >= 0.3 is 0 Å². The summed E-state index contributed by atoms with van der Waals surface area (Å²) in [7, 11) is 0. The Bertz CT molecular complexity index is 299. The van der Waals surface area contributed by atoms with Crippen molar-refractivity contribution in [2.75, 3.05) is 0 Å². The predicted molar refractivity (Wildman–Crippen MR) is 38.5 cm³/mol. The van der Waals surface area contributed by atoms with Crippen LogP contribution in [-0.4, -0.2) is 11.4 Å². The Morgan fingerprint density at radius 3 is 2.73 bits per heavy atom. The summed E-state index contributed by atoms with van der Waals surface area (Å²) in [6.07, 6.45) is 0.446. The summed E-state index contributed by atoms with van der Waals surface area (Å²) in [6.45, 7) is 0. The largest absolute Gasteiger partial charge is 0.504 e. The lowest BCUT2D eigenvalue weighted by Crippen LogP contribution is -1.84. The van der Waals surface area contributed by atoms with Crippen molar-refractivity contribution in [3.63, 3.8) is 0 Å². The lowest BCUT2D eigenvalue weighted by atomic mass is 10.2. The van der Waals surface area contributed by atoms with E-state index in [0.29, 0.717) is 6.29 Å². The number of phenols is 1. The highest BCUT2D eigenvalue weighted by Crippen LogP contribution is 2.28. The lowest BCUT2D eigenvalue weighted by molar-refractivity contribution is 0.112. The van der Waals surface area contributed by atoms with Gasteiger partial charge in [-0.2, -0.15) is 0 Å². The lowest BCUT2D eigenvalue weighted by Gasteiger charge is -1.99. The van der Waals surface area contributed by atoms with Gasteiger partial charge in [0.15, 0.2) is 17.9 Å². The number of aromatic hydroxyl groups is 1. The molecule has 0 aliphatic heterocycles. The Hall–Kier alpha value is -1.09. The molecule has 58 valence electrons. The topological polar surface area (TPSA) is 37.3 Å². The maximum Gasteiger partial charge on any atom is 0.170 e. The molecule has 0 spiro atoms. The first-order valence-electron chi connectivity index (χ1n) is 2.79. The van der Waals surface area contributed by atoms with E-state index in [1.54, 1.807) is 0 Å². The molecule has 0 saturated heterocycles. The average molecular weight is 175 g/mol. The van der Waals surface area contributed by atoms with Crippen molar-refractivity contribution in [2.24, 2.45) is 0 Å². The van der Waals surface area contributed by atoms with Crippen molar-refractivity contribution in [3.05, 3.63) is 28.5 Å². The van der Waals surface area contributed by atoms with E-state index in [9.17, 15) is 9.18 Å². The van der Waals surface area contributed by atoms with Gasteiger partial charge in [0.25, 0.3) is 0 Å². The van der Waals surface area contributed by atoms with E-state index in [1.807, 2.05) is 0 Å². The number of carbonyl (C=O) groups excluding carboxylic acids is 1. The van der Waals surface area contributed by atoms with E-state index in [4.69, 9.17) is 16.7 Å². The van der Waals surface area contributed by atoms with Crippen molar-refractivity contribution < 1.29 is 14.3 Å². The highest BCUT2D eigenvalue weighted by molar-refractivity contribution is 6.34. The van der Waals surface area contributed by atoms with Crippen LogP contribution in [-0.2, 0) is 0 Å². The first kappa shape index (κ1) is 8.01. The van der Waals surface area contributed by atoms with Crippen LogP contribution in [0.3, 0.4) is 0 Å². The molecule has 11 heavy (non-hydrogen) atoms. The molecule has 0 unspecified atom stereocenters. The molecule has 0 fully saturated rings. The van der Waals surface area contributed by atoms with Gasteiger partial charge in [0.05, 0.1) is 5.02 Å². The summed E-state index contributed by atoms with van der Waals surface area (Å²) in [5, 5.41) is 8.60. The van der Waals surface area contributed by atoms with Crippen molar-refractivity contribution in [1.29, 1.82) is 0 Å². The third kappa shape index (κ3) is 1.33. The van der Waals surface area contributed by atoms with Crippen LogP contribution < -0.4 is 0 Å². The predicted octanol–water partition coefficient (Wildman–Crippen LogP) is 2.00. The van der Waals surface area contributed by atoms with Gasteiger partial charge in [-0.3, -0.25) is 4.79 Å². The Morgan fingerprint density at radius 2 is 2.18 bits per heavy atom. The fourth-order valence-electron chi connectivity index (χ4n) is 0.648. The number of halogens is 2. The Morgan fingerprint density at radius 1 is 1.55 bits per heavy atom. The molecule has 1 N–H and O–H groups in total. The fraction of sp³-hybridized carbons (Fsp3) is 0. The minimum absolute atomic E-state index is 0.0746. The molecule has 1 aromatic carbocycles. The van der Waals surface area contributed by atoms with Crippen molar-refractivity contribution in [1.82, 2.24) is 0 Å². The zero-order chi connectivity index (χ0) is 8.43. The maximum atomic E-state index is 12.4. The first-order valence-corrected chi connectivity index (χ1v) is 3.16. The van der Waals surface area contributed by atoms with Crippen LogP contribution in [0.1, 0.15) is 10.4 Å². The number of benzene rings is 1. The molecule has 0 aliphatic rings. The third-order valence-corrected chi connectivity index (χ3v) is 1.62. The third-order valence-electron chi connectivity index (χ3n) is 1.22. The minimum Gasteiger partial charge on any atom is -0.504 e. The van der Waals surface area contributed by atoms with Gasteiger partial charge in [-0.25, -0.2) is 4.39 Å². The second-order valence-corrected chi connectivity index (χ2v) is 2.30. The van der Waals surface area contributed by atoms with Crippen LogP contribution in [0.15, 0.2) is 12.1 Å². The number of hydrogen-bond donors (Lipinski definition) is 1.